The van der Waals surface area contributed by atoms with E-state index in [1.807, 2.05) is 0 Å². The Bertz CT molecular complexity index is 432. The summed E-state index contributed by atoms with van der Waals surface area (Å²) in [5.41, 5.74) is 3.00. The van der Waals surface area contributed by atoms with Crippen LogP contribution in [-0.2, 0) is 6.54 Å². The quantitative estimate of drug-likeness (QED) is 0.835. The predicted molar refractivity (Wildman–Crippen MR) is 79.1 cm³/mol. The second-order valence-corrected chi connectivity index (χ2v) is 7.08. The number of hydrogen-bond acceptors (Lipinski definition) is 1. The van der Waals surface area contributed by atoms with Gasteiger partial charge in [-0.05, 0) is 73.4 Å². The maximum atomic E-state index is 3.69. The normalized spacial score (nSPS) is 32.9. The van der Waals surface area contributed by atoms with Gasteiger partial charge in [0.1, 0.15) is 0 Å². The largest absolute Gasteiger partial charge is 0.312 e. The molecular weight excluding hydrogens is 230 g/mol. The van der Waals surface area contributed by atoms with Crippen molar-refractivity contribution < 1.29 is 0 Å². The Morgan fingerprint density at radius 1 is 0.947 bits per heavy atom. The highest BCUT2D eigenvalue weighted by Gasteiger charge is 2.38. The molecule has 19 heavy (non-hydrogen) atoms. The molecule has 1 N–H and O–H groups in total. The van der Waals surface area contributed by atoms with E-state index in [0.717, 1.165) is 30.2 Å². The molecule has 0 heterocycles. The van der Waals surface area contributed by atoms with Gasteiger partial charge in [0.05, 0.1) is 0 Å². The highest BCUT2D eigenvalue weighted by atomic mass is 14.9. The molecule has 0 saturated heterocycles. The Morgan fingerprint density at radius 2 is 1.79 bits per heavy atom. The second kappa shape index (κ2) is 4.94. The molecule has 3 atom stereocenters. The van der Waals surface area contributed by atoms with Gasteiger partial charge in [0.25, 0.3) is 0 Å². The van der Waals surface area contributed by atoms with Crippen LogP contribution >= 0.6 is 0 Å². The lowest BCUT2D eigenvalue weighted by atomic mass is 9.89. The lowest BCUT2D eigenvalue weighted by molar-refractivity contribution is 0.318. The molecular formula is C18H25N. The number of fused-ring (bicyclic) bond motifs is 2. The van der Waals surface area contributed by atoms with Gasteiger partial charge in [-0.15, -0.1) is 0 Å². The van der Waals surface area contributed by atoms with Crippen molar-refractivity contribution in [1.29, 1.82) is 0 Å². The van der Waals surface area contributed by atoms with Crippen LogP contribution in [-0.4, -0.2) is 6.54 Å². The summed E-state index contributed by atoms with van der Waals surface area (Å²) in [5, 5.41) is 3.69. The van der Waals surface area contributed by atoms with Crippen LogP contribution < -0.4 is 5.32 Å². The average molecular weight is 255 g/mol. The van der Waals surface area contributed by atoms with Crippen LogP contribution in [0.15, 0.2) is 24.3 Å². The number of benzene rings is 1. The molecule has 0 radical (unpaired) electrons. The Labute approximate surface area is 116 Å². The van der Waals surface area contributed by atoms with E-state index >= 15 is 0 Å². The summed E-state index contributed by atoms with van der Waals surface area (Å²) in [7, 11) is 0. The van der Waals surface area contributed by atoms with Crippen molar-refractivity contribution >= 4 is 0 Å². The molecule has 4 rings (SSSR count). The maximum Gasteiger partial charge on any atom is 0.0205 e. The first-order chi connectivity index (χ1) is 9.38. The van der Waals surface area contributed by atoms with E-state index in [0.29, 0.717) is 0 Å². The fraction of sp³-hybridized carbons (Fsp3) is 0.667. The first-order valence-corrected chi connectivity index (χ1v) is 8.18. The van der Waals surface area contributed by atoms with Crippen molar-refractivity contribution in [2.24, 2.45) is 17.8 Å². The molecule has 3 aliphatic carbocycles. The molecule has 0 aromatic heterocycles. The topological polar surface area (TPSA) is 12.0 Å². The maximum absolute atomic E-state index is 3.69. The van der Waals surface area contributed by atoms with Crippen molar-refractivity contribution in [1.82, 2.24) is 5.32 Å². The van der Waals surface area contributed by atoms with Gasteiger partial charge >= 0.3 is 0 Å². The molecule has 3 fully saturated rings. The van der Waals surface area contributed by atoms with Gasteiger partial charge in [-0.2, -0.15) is 0 Å². The summed E-state index contributed by atoms with van der Waals surface area (Å²) < 4.78 is 0. The van der Waals surface area contributed by atoms with E-state index in [4.69, 9.17) is 0 Å². The summed E-state index contributed by atoms with van der Waals surface area (Å²) in [6, 6.07) is 9.32. The zero-order valence-electron chi connectivity index (χ0n) is 11.8. The molecule has 3 saturated carbocycles. The van der Waals surface area contributed by atoms with Crippen molar-refractivity contribution in [3.8, 4) is 0 Å². The summed E-state index contributed by atoms with van der Waals surface area (Å²) >= 11 is 0. The molecule has 1 heteroatoms. The lowest BCUT2D eigenvalue weighted by Gasteiger charge is -2.21. The average Bonchev–Trinajstić information content (AvgIpc) is 3.09. The molecule has 0 aliphatic heterocycles. The smallest absolute Gasteiger partial charge is 0.0205 e. The van der Waals surface area contributed by atoms with E-state index in [1.54, 1.807) is 5.56 Å². The Balaban J connectivity index is 1.25. The van der Waals surface area contributed by atoms with Crippen LogP contribution in [0.4, 0.5) is 0 Å². The number of rotatable bonds is 5. The minimum atomic E-state index is 0.885. The minimum absolute atomic E-state index is 0.885. The Kier molecular flexibility index (Phi) is 3.11. The van der Waals surface area contributed by atoms with Gasteiger partial charge in [-0.25, -0.2) is 0 Å². The minimum Gasteiger partial charge on any atom is -0.312 e. The van der Waals surface area contributed by atoms with Crippen LogP contribution in [0.1, 0.15) is 55.6 Å². The van der Waals surface area contributed by atoms with Gasteiger partial charge in [0.15, 0.2) is 0 Å². The summed E-state index contributed by atoms with van der Waals surface area (Å²) in [5.74, 6) is 3.99. The molecule has 3 unspecified atom stereocenters. The predicted octanol–water partition coefficient (Wildman–Crippen LogP) is 4.09. The van der Waals surface area contributed by atoms with Gasteiger partial charge in [-0.3, -0.25) is 0 Å². The third-order valence-corrected chi connectivity index (χ3v) is 5.65. The molecule has 1 aromatic carbocycles. The molecule has 1 nitrogen and oxygen atoms in total. The van der Waals surface area contributed by atoms with Crippen molar-refractivity contribution in [3.05, 3.63) is 35.4 Å². The SMILES string of the molecule is c1cc(C2CC2)ccc1CNCC1CC2CCC1C2. The highest BCUT2D eigenvalue weighted by molar-refractivity contribution is 5.27. The Morgan fingerprint density at radius 3 is 2.42 bits per heavy atom. The molecule has 1 aromatic rings. The molecule has 2 bridgehead atoms. The van der Waals surface area contributed by atoms with E-state index < -0.39 is 0 Å². The van der Waals surface area contributed by atoms with Gasteiger partial charge in [-0.1, -0.05) is 30.7 Å². The van der Waals surface area contributed by atoms with E-state index in [-0.39, 0.29) is 0 Å². The van der Waals surface area contributed by atoms with Crippen molar-refractivity contribution in [2.45, 2.75) is 51.0 Å². The summed E-state index contributed by atoms with van der Waals surface area (Å²) in [4.78, 5) is 0. The van der Waals surface area contributed by atoms with E-state index in [1.165, 1.54) is 50.6 Å². The fourth-order valence-corrected chi connectivity index (χ4v) is 4.35. The van der Waals surface area contributed by atoms with Crippen LogP contribution in [0.2, 0.25) is 0 Å². The van der Waals surface area contributed by atoms with Gasteiger partial charge in [0.2, 0.25) is 0 Å². The second-order valence-electron chi connectivity index (χ2n) is 7.08. The standard InChI is InChI=1S/C18H25N/c1-4-15(16-7-8-16)5-2-13(1)11-19-12-18-10-14-3-6-17(18)9-14/h1-2,4-5,14,16-19H,3,6-12H2. The van der Waals surface area contributed by atoms with Crippen LogP contribution in [0, 0.1) is 17.8 Å². The first kappa shape index (κ1) is 12.0. The molecule has 3 aliphatic rings. The molecule has 0 amide bonds. The molecule has 102 valence electrons. The van der Waals surface area contributed by atoms with Crippen molar-refractivity contribution in [3.63, 3.8) is 0 Å². The lowest BCUT2D eigenvalue weighted by Crippen LogP contribution is -2.26. The van der Waals surface area contributed by atoms with Crippen LogP contribution in [0.3, 0.4) is 0 Å². The fourth-order valence-electron chi connectivity index (χ4n) is 4.35. The summed E-state index contributed by atoms with van der Waals surface area (Å²) in [6.07, 6.45) is 8.86. The third-order valence-electron chi connectivity index (χ3n) is 5.65. The van der Waals surface area contributed by atoms with Crippen LogP contribution in [0.25, 0.3) is 0 Å². The van der Waals surface area contributed by atoms with Crippen LogP contribution in [0.5, 0.6) is 0 Å². The number of nitrogens with one attached hydrogen (secondary N) is 1. The Hall–Kier alpha value is -0.820. The highest BCUT2D eigenvalue weighted by Crippen LogP contribution is 2.47. The summed E-state index contributed by atoms with van der Waals surface area (Å²) in [6.45, 7) is 2.30. The van der Waals surface area contributed by atoms with Crippen molar-refractivity contribution in [2.75, 3.05) is 6.54 Å². The van der Waals surface area contributed by atoms with Gasteiger partial charge < -0.3 is 5.32 Å². The van der Waals surface area contributed by atoms with Gasteiger partial charge in [0, 0.05) is 6.54 Å². The number of hydrogen-bond donors (Lipinski definition) is 1. The zero-order chi connectivity index (χ0) is 12.7. The first-order valence-electron chi connectivity index (χ1n) is 8.18. The third kappa shape index (κ3) is 2.58. The van der Waals surface area contributed by atoms with E-state index in [2.05, 4.69) is 29.6 Å². The zero-order valence-corrected chi connectivity index (χ0v) is 11.8. The molecule has 0 spiro atoms. The monoisotopic (exact) mass is 255 g/mol. The van der Waals surface area contributed by atoms with E-state index in [9.17, 15) is 0 Å².